The van der Waals surface area contributed by atoms with Crippen LogP contribution in [0.5, 0.6) is 5.75 Å². The third kappa shape index (κ3) is 4.55. The van der Waals surface area contributed by atoms with Crippen LogP contribution in [0.2, 0.25) is 0 Å². The van der Waals surface area contributed by atoms with E-state index in [4.69, 9.17) is 4.74 Å². The SMILES string of the molecule is CCN(CC)C(=O)[C@@H]1C=C2c3cccc4[nH]cc(c34)C[C@H]2N(C)C1.[CH2]c1cccc(OC)c1. The molecule has 0 fully saturated rings. The molecular formula is C28H34N3O2. The van der Waals surface area contributed by atoms with E-state index in [9.17, 15) is 4.79 Å². The van der Waals surface area contributed by atoms with E-state index < -0.39 is 0 Å². The van der Waals surface area contributed by atoms with E-state index in [1.807, 2.05) is 29.2 Å². The van der Waals surface area contributed by atoms with Gasteiger partial charge in [0.15, 0.2) is 0 Å². The number of methoxy groups -OCH3 is 1. The zero-order chi connectivity index (χ0) is 23.5. The number of fused-ring (bicyclic) bond motifs is 2. The Morgan fingerprint density at radius 1 is 1.21 bits per heavy atom. The molecule has 2 aromatic carbocycles. The summed E-state index contributed by atoms with van der Waals surface area (Å²) in [6.45, 7) is 10.2. The lowest BCUT2D eigenvalue weighted by Crippen LogP contribution is -2.47. The Hall–Kier alpha value is -3.05. The lowest BCUT2D eigenvalue weighted by atomic mass is 9.79. The third-order valence-corrected chi connectivity index (χ3v) is 6.79. The first-order valence-electron chi connectivity index (χ1n) is 11.7. The van der Waals surface area contributed by atoms with Crippen LogP contribution in [0, 0.1) is 12.8 Å². The standard InChI is InChI=1S/C20H25N3O.C8H9O/c1-4-23(5-2)20(24)14-9-16-15-7-6-8-17-19(15)13(11-21-17)10-18(16)22(3)12-14;1-7-4-3-5-8(6-7)9-2/h6-9,11,14,18,21H,4-5,10,12H2,1-3H3;3-6H,1H2,2H3/t14-,18-;/m1./s1. The number of nitrogens with one attached hydrogen (secondary N) is 1. The number of hydrogen-bond acceptors (Lipinski definition) is 3. The van der Waals surface area contributed by atoms with Crippen LogP contribution in [0.1, 0.15) is 30.5 Å². The van der Waals surface area contributed by atoms with Crippen LogP contribution >= 0.6 is 0 Å². The molecule has 1 radical (unpaired) electrons. The molecule has 1 aliphatic carbocycles. The molecule has 5 heteroatoms. The summed E-state index contributed by atoms with van der Waals surface area (Å²) in [7, 11) is 3.80. The molecule has 3 aromatic rings. The lowest BCUT2D eigenvalue weighted by Gasteiger charge is -2.40. The predicted octanol–water partition coefficient (Wildman–Crippen LogP) is 4.78. The maximum Gasteiger partial charge on any atom is 0.230 e. The highest BCUT2D eigenvalue weighted by Gasteiger charge is 2.36. The molecule has 1 N–H and O–H groups in total. The van der Waals surface area contributed by atoms with Crippen LogP contribution in [0.4, 0.5) is 0 Å². The van der Waals surface area contributed by atoms with Crippen molar-refractivity contribution in [1.29, 1.82) is 0 Å². The highest BCUT2D eigenvalue weighted by atomic mass is 16.5. The number of amides is 1. The molecule has 2 aliphatic rings. The number of aromatic nitrogens is 1. The summed E-state index contributed by atoms with van der Waals surface area (Å²) in [5.74, 6) is 1.07. The van der Waals surface area contributed by atoms with Gasteiger partial charge < -0.3 is 14.6 Å². The molecule has 33 heavy (non-hydrogen) atoms. The summed E-state index contributed by atoms with van der Waals surface area (Å²) in [5.41, 5.74) is 6.19. The lowest BCUT2D eigenvalue weighted by molar-refractivity contribution is -0.134. The third-order valence-electron chi connectivity index (χ3n) is 6.79. The van der Waals surface area contributed by atoms with E-state index in [2.05, 4.69) is 68.2 Å². The molecule has 5 rings (SSSR count). The molecule has 5 nitrogen and oxygen atoms in total. The maximum absolute atomic E-state index is 12.9. The monoisotopic (exact) mass is 444 g/mol. The number of rotatable bonds is 4. The van der Waals surface area contributed by atoms with E-state index in [1.54, 1.807) is 7.11 Å². The zero-order valence-electron chi connectivity index (χ0n) is 20.1. The Labute approximate surface area is 197 Å². The molecule has 173 valence electrons. The summed E-state index contributed by atoms with van der Waals surface area (Å²) in [6, 6.07) is 14.5. The molecule has 0 unspecified atom stereocenters. The number of benzene rings is 2. The van der Waals surface area contributed by atoms with Crippen molar-refractivity contribution < 1.29 is 9.53 Å². The van der Waals surface area contributed by atoms with E-state index in [0.29, 0.717) is 6.04 Å². The van der Waals surface area contributed by atoms with Crippen molar-refractivity contribution in [3.63, 3.8) is 0 Å². The van der Waals surface area contributed by atoms with Crippen molar-refractivity contribution in [2.45, 2.75) is 26.3 Å². The number of H-pyrrole nitrogens is 1. The largest absolute Gasteiger partial charge is 0.497 e. The Bertz CT molecular complexity index is 1160. The maximum atomic E-state index is 12.9. The fraction of sp³-hybridized carbons (Fsp3) is 0.357. The summed E-state index contributed by atoms with van der Waals surface area (Å²) in [6.07, 6.45) is 5.41. The van der Waals surface area contributed by atoms with Gasteiger partial charge in [0.25, 0.3) is 0 Å². The topological polar surface area (TPSA) is 48.6 Å². The first-order chi connectivity index (χ1) is 16.0. The Kier molecular flexibility index (Phi) is 6.89. The minimum atomic E-state index is -0.0445. The van der Waals surface area contributed by atoms with Crippen LogP contribution in [-0.4, -0.2) is 60.5 Å². The molecule has 1 aliphatic heterocycles. The molecular weight excluding hydrogens is 410 g/mol. The van der Waals surface area contributed by atoms with Crippen LogP contribution in [0.3, 0.4) is 0 Å². The van der Waals surface area contributed by atoms with Crippen LogP contribution in [0.25, 0.3) is 16.5 Å². The molecule has 2 heterocycles. The number of nitrogens with zero attached hydrogens (tertiary/aromatic N) is 2. The highest BCUT2D eigenvalue weighted by molar-refractivity contribution is 5.99. The van der Waals surface area contributed by atoms with E-state index in [1.165, 1.54) is 27.6 Å². The van der Waals surface area contributed by atoms with Gasteiger partial charge >= 0.3 is 0 Å². The van der Waals surface area contributed by atoms with Crippen molar-refractivity contribution in [2.24, 2.45) is 5.92 Å². The number of carbonyl (C=O) groups excluding carboxylic acids is 1. The van der Waals surface area contributed by atoms with Gasteiger partial charge in [-0.2, -0.15) is 0 Å². The minimum absolute atomic E-state index is 0.0445. The Morgan fingerprint density at radius 3 is 2.64 bits per heavy atom. The smallest absolute Gasteiger partial charge is 0.230 e. The quantitative estimate of drug-likeness (QED) is 0.630. The Morgan fingerprint density at radius 2 is 1.97 bits per heavy atom. The van der Waals surface area contributed by atoms with Gasteiger partial charge in [0.05, 0.1) is 13.0 Å². The molecule has 2 atom stereocenters. The normalized spacial score (nSPS) is 19.2. The number of ether oxygens (including phenoxy) is 1. The second-order valence-corrected chi connectivity index (χ2v) is 8.79. The molecule has 0 saturated heterocycles. The Balaban J connectivity index is 0.000000243. The highest BCUT2D eigenvalue weighted by Crippen LogP contribution is 2.40. The second kappa shape index (κ2) is 9.84. The summed E-state index contributed by atoms with van der Waals surface area (Å²) < 4.78 is 4.96. The van der Waals surface area contributed by atoms with Gasteiger partial charge in [0.2, 0.25) is 5.91 Å². The molecule has 0 spiro atoms. The summed E-state index contributed by atoms with van der Waals surface area (Å²) in [4.78, 5) is 20.6. The first-order valence-corrected chi connectivity index (χ1v) is 11.7. The zero-order valence-corrected chi connectivity index (χ0v) is 20.1. The van der Waals surface area contributed by atoms with E-state index >= 15 is 0 Å². The van der Waals surface area contributed by atoms with Gasteiger partial charge in [-0.15, -0.1) is 0 Å². The molecule has 1 amide bonds. The van der Waals surface area contributed by atoms with Crippen LogP contribution in [-0.2, 0) is 11.2 Å². The molecule has 1 aromatic heterocycles. The van der Waals surface area contributed by atoms with Crippen molar-refractivity contribution in [3.05, 3.63) is 78.4 Å². The van der Waals surface area contributed by atoms with Crippen molar-refractivity contribution >= 4 is 22.4 Å². The van der Waals surface area contributed by atoms with E-state index in [-0.39, 0.29) is 11.8 Å². The van der Waals surface area contributed by atoms with Crippen molar-refractivity contribution in [1.82, 2.24) is 14.8 Å². The summed E-state index contributed by atoms with van der Waals surface area (Å²) in [5, 5.41) is 1.34. The van der Waals surface area contributed by atoms with Gasteiger partial charge in [-0.1, -0.05) is 30.3 Å². The van der Waals surface area contributed by atoms with Gasteiger partial charge in [-0.25, -0.2) is 0 Å². The first kappa shape index (κ1) is 23.1. The predicted molar refractivity (Wildman–Crippen MR) is 135 cm³/mol. The van der Waals surface area contributed by atoms with Gasteiger partial charge in [0.1, 0.15) is 5.75 Å². The van der Waals surface area contributed by atoms with E-state index in [0.717, 1.165) is 37.4 Å². The molecule has 0 bridgehead atoms. The average molecular weight is 445 g/mol. The number of likely N-dealkylation sites (N-methyl/N-ethyl adjacent to an activating group) is 1. The van der Waals surface area contributed by atoms with Gasteiger partial charge in [-0.3, -0.25) is 9.69 Å². The minimum Gasteiger partial charge on any atom is -0.497 e. The number of carbonyl (C=O) groups is 1. The number of hydrogen-bond donors (Lipinski definition) is 1. The molecule has 0 saturated carbocycles. The van der Waals surface area contributed by atoms with Crippen LogP contribution < -0.4 is 4.74 Å². The van der Waals surface area contributed by atoms with Crippen molar-refractivity contribution in [2.75, 3.05) is 33.8 Å². The fourth-order valence-corrected chi connectivity index (χ4v) is 5.05. The van der Waals surface area contributed by atoms with Crippen LogP contribution in [0.15, 0.2) is 54.7 Å². The second-order valence-electron chi connectivity index (χ2n) is 8.79. The fourth-order valence-electron chi connectivity index (χ4n) is 5.05. The van der Waals surface area contributed by atoms with Crippen molar-refractivity contribution in [3.8, 4) is 5.75 Å². The average Bonchev–Trinajstić information content (AvgIpc) is 3.25. The summed E-state index contributed by atoms with van der Waals surface area (Å²) >= 11 is 0. The van der Waals surface area contributed by atoms with Gasteiger partial charge in [0, 0.05) is 42.8 Å². The van der Waals surface area contributed by atoms with Gasteiger partial charge in [-0.05, 0) is 74.7 Å². The number of aromatic amines is 1.